The second-order valence-corrected chi connectivity index (χ2v) is 4.61. The summed E-state index contributed by atoms with van der Waals surface area (Å²) in [5.74, 6) is -1.03. The van der Waals surface area contributed by atoms with Crippen LogP contribution in [0, 0.1) is 0 Å². The Morgan fingerprint density at radius 1 is 1.14 bits per heavy atom. The van der Waals surface area contributed by atoms with E-state index in [0.29, 0.717) is 5.69 Å². The summed E-state index contributed by atoms with van der Waals surface area (Å²) in [4.78, 5) is 26.8. The molecule has 22 heavy (non-hydrogen) atoms. The third kappa shape index (κ3) is 4.90. The van der Waals surface area contributed by atoms with E-state index in [2.05, 4.69) is 10.3 Å². The molecule has 6 heteroatoms. The minimum Gasteiger partial charge on any atom is -0.481 e. The molecule has 2 N–H and O–H groups in total. The molecule has 1 unspecified atom stereocenters. The summed E-state index contributed by atoms with van der Waals surface area (Å²) >= 11 is 0. The first-order valence-electron chi connectivity index (χ1n) is 6.75. The van der Waals surface area contributed by atoms with Crippen LogP contribution >= 0.6 is 0 Å². The molecule has 0 saturated carbocycles. The van der Waals surface area contributed by atoms with Crippen molar-refractivity contribution in [2.45, 2.75) is 19.1 Å². The first-order chi connectivity index (χ1) is 10.6. The van der Waals surface area contributed by atoms with Crippen molar-refractivity contribution in [3.8, 4) is 0 Å². The van der Waals surface area contributed by atoms with Gasteiger partial charge in [-0.15, -0.1) is 0 Å². The lowest BCUT2D eigenvalue weighted by atomic mass is 10.1. The molecular formula is C16H16N2O4. The molecule has 2 aromatic rings. The second-order valence-electron chi connectivity index (χ2n) is 4.61. The maximum atomic E-state index is 11.8. The van der Waals surface area contributed by atoms with Crippen molar-refractivity contribution in [1.29, 1.82) is 0 Å². The summed E-state index contributed by atoms with van der Waals surface area (Å²) in [6.45, 7) is 0.120. The highest BCUT2D eigenvalue weighted by Crippen LogP contribution is 2.14. The predicted molar refractivity (Wildman–Crippen MR) is 79.0 cm³/mol. The van der Waals surface area contributed by atoms with Crippen LogP contribution in [0.2, 0.25) is 0 Å². The van der Waals surface area contributed by atoms with Gasteiger partial charge in [0.2, 0.25) is 0 Å². The predicted octanol–water partition coefficient (Wildman–Crippen LogP) is 2.52. The van der Waals surface area contributed by atoms with E-state index < -0.39 is 18.1 Å². The highest BCUT2D eigenvalue weighted by molar-refractivity contribution is 5.71. The summed E-state index contributed by atoms with van der Waals surface area (Å²) in [6, 6.07) is 13.6. The van der Waals surface area contributed by atoms with Crippen LogP contribution < -0.4 is 5.32 Å². The van der Waals surface area contributed by atoms with Crippen molar-refractivity contribution < 1.29 is 19.4 Å². The number of carboxylic acid groups (broad SMARTS) is 1. The monoisotopic (exact) mass is 300 g/mol. The van der Waals surface area contributed by atoms with E-state index in [0.717, 1.165) is 5.56 Å². The van der Waals surface area contributed by atoms with Gasteiger partial charge in [0.05, 0.1) is 18.2 Å². The van der Waals surface area contributed by atoms with E-state index in [1.54, 1.807) is 24.4 Å². The van der Waals surface area contributed by atoms with E-state index in [1.807, 2.05) is 30.3 Å². The average Bonchev–Trinajstić information content (AvgIpc) is 2.54. The zero-order valence-electron chi connectivity index (χ0n) is 11.8. The number of aliphatic carboxylic acids is 1. The van der Waals surface area contributed by atoms with E-state index in [4.69, 9.17) is 9.84 Å². The van der Waals surface area contributed by atoms with Gasteiger partial charge in [-0.05, 0) is 17.7 Å². The van der Waals surface area contributed by atoms with Gasteiger partial charge in [0.25, 0.3) is 0 Å². The number of rotatable bonds is 6. The van der Waals surface area contributed by atoms with Crippen LogP contribution in [0.1, 0.15) is 23.7 Å². The third-order valence-corrected chi connectivity index (χ3v) is 2.93. The van der Waals surface area contributed by atoms with Crippen LogP contribution in [0.5, 0.6) is 0 Å². The zero-order valence-corrected chi connectivity index (χ0v) is 11.8. The molecular weight excluding hydrogens is 284 g/mol. The van der Waals surface area contributed by atoms with Gasteiger partial charge in [0, 0.05) is 6.20 Å². The molecule has 1 aromatic heterocycles. The molecule has 0 aliphatic heterocycles. The lowest BCUT2D eigenvalue weighted by molar-refractivity contribution is -0.137. The van der Waals surface area contributed by atoms with Crippen LogP contribution in [0.15, 0.2) is 54.7 Å². The molecule has 0 saturated heterocycles. The Kier molecular flexibility index (Phi) is 5.48. The molecule has 0 spiro atoms. The number of aromatic nitrogens is 1. The average molecular weight is 300 g/mol. The van der Waals surface area contributed by atoms with E-state index in [-0.39, 0.29) is 13.0 Å². The molecule has 0 radical (unpaired) electrons. The molecule has 2 rings (SSSR count). The van der Waals surface area contributed by atoms with Crippen LogP contribution in [0.4, 0.5) is 4.79 Å². The van der Waals surface area contributed by atoms with Crippen molar-refractivity contribution in [3.05, 3.63) is 66.0 Å². The standard InChI is InChI=1S/C16H16N2O4/c19-15(20)10-14(13-8-4-5-9-17-13)18-16(21)22-11-12-6-2-1-3-7-12/h1-9,14H,10-11H2,(H,18,21)(H,19,20). The van der Waals surface area contributed by atoms with Crippen LogP contribution in [-0.4, -0.2) is 22.2 Å². The lowest BCUT2D eigenvalue weighted by Gasteiger charge is -2.16. The number of nitrogens with one attached hydrogen (secondary N) is 1. The number of alkyl carbamates (subject to hydrolysis) is 1. The fraction of sp³-hybridized carbons (Fsp3) is 0.188. The Bertz CT molecular complexity index is 617. The van der Waals surface area contributed by atoms with Crippen LogP contribution in [0.25, 0.3) is 0 Å². The summed E-state index contributed by atoms with van der Waals surface area (Å²) in [6.07, 6.45) is 0.597. The SMILES string of the molecule is O=C(O)CC(NC(=O)OCc1ccccc1)c1ccccn1. The number of pyridine rings is 1. The van der Waals surface area contributed by atoms with Gasteiger partial charge in [0.15, 0.2) is 0 Å². The highest BCUT2D eigenvalue weighted by Gasteiger charge is 2.19. The number of carbonyl (C=O) groups is 2. The molecule has 0 aliphatic rings. The maximum Gasteiger partial charge on any atom is 0.408 e. The first-order valence-corrected chi connectivity index (χ1v) is 6.75. The molecule has 0 fully saturated rings. The molecule has 0 bridgehead atoms. The summed E-state index contributed by atoms with van der Waals surface area (Å²) in [5.41, 5.74) is 1.33. The van der Waals surface area contributed by atoms with Gasteiger partial charge >= 0.3 is 12.1 Å². The Labute approximate surface area is 127 Å². The quantitative estimate of drug-likeness (QED) is 0.855. The number of amides is 1. The lowest BCUT2D eigenvalue weighted by Crippen LogP contribution is -2.31. The van der Waals surface area contributed by atoms with Gasteiger partial charge in [-0.1, -0.05) is 36.4 Å². The number of nitrogens with zero attached hydrogens (tertiary/aromatic N) is 1. The summed E-state index contributed by atoms with van der Waals surface area (Å²) < 4.78 is 5.09. The van der Waals surface area contributed by atoms with Crippen molar-refractivity contribution in [3.63, 3.8) is 0 Å². The van der Waals surface area contributed by atoms with Gasteiger partial charge in [0.1, 0.15) is 6.61 Å². The normalized spacial score (nSPS) is 11.5. The second kappa shape index (κ2) is 7.78. The topological polar surface area (TPSA) is 88.5 Å². The maximum absolute atomic E-state index is 11.8. The smallest absolute Gasteiger partial charge is 0.408 e. The fourth-order valence-electron chi connectivity index (χ4n) is 1.89. The number of carboxylic acids is 1. The molecule has 6 nitrogen and oxygen atoms in total. The number of hydrogen-bond donors (Lipinski definition) is 2. The van der Waals surface area contributed by atoms with Crippen molar-refractivity contribution in [2.75, 3.05) is 0 Å². The van der Waals surface area contributed by atoms with Gasteiger partial charge in [-0.3, -0.25) is 9.78 Å². The first kappa shape index (κ1) is 15.5. The molecule has 1 heterocycles. The van der Waals surface area contributed by atoms with Crippen LogP contribution in [-0.2, 0) is 16.1 Å². The highest BCUT2D eigenvalue weighted by atomic mass is 16.5. The fourth-order valence-corrected chi connectivity index (χ4v) is 1.89. The zero-order chi connectivity index (χ0) is 15.8. The van der Waals surface area contributed by atoms with Gasteiger partial charge < -0.3 is 15.2 Å². The molecule has 0 aliphatic carbocycles. The number of carbonyl (C=O) groups excluding carboxylic acids is 1. The van der Waals surface area contributed by atoms with E-state index >= 15 is 0 Å². The van der Waals surface area contributed by atoms with Crippen LogP contribution in [0.3, 0.4) is 0 Å². The van der Waals surface area contributed by atoms with Crippen molar-refractivity contribution in [2.24, 2.45) is 0 Å². The van der Waals surface area contributed by atoms with E-state index in [1.165, 1.54) is 0 Å². The Morgan fingerprint density at radius 3 is 2.50 bits per heavy atom. The summed E-state index contributed by atoms with van der Waals surface area (Å²) in [5, 5.41) is 11.5. The van der Waals surface area contributed by atoms with Crippen molar-refractivity contribution in [1.82, 2.24) is 10.3 Å². The molecule has 114 valence electrons. The minimum atomic E-state index is -1.03. The molecule has 1 amide bonds. The van der Waals surface area contributed by atoms with Crippen molar-refractivity contribution >= 4 is 12.1 Å². The summed E-state index contributed by atoms with van der Waals surface area (Å²) in [7, 11) is 0. The molecule has 1 aromatic carbocycles. The van der Waals surface area contributed by atoms with Gasteiger partial charge in [-0.25, -0.2) is 4.79 Å². The number of benzene rings is 1. The van der Waals surface area contributed by atoms with Gasteiger partial charge in [-0.2, -0.15) is 0 Å². The number of hydrogen-bond acceptors (Lipinski definition) is 4. The number of ether oxygens (including phenoxy) is 1. The Morgan fingerprint density at radius 2 is 1.86 bits per heavy atom. The minimum absolute atomic E-state index is 0.120. The largest absolute Gasteiger partial charge is 0.481 e. The van der Waals surface area contributed by atoms with E-state index in [9.17, 15) is 9.59 Å². The Balaban J connectivity index is 1.95. The third-order valence-electron chi connectivity index (χ3n) is 2.93. The Hall–Kier alpha value is -2.89. The molecule has 1 atom stereocenters.